The van der Waals surface area contributed by atoms with Crippen LogP contribution in [0.5, 0.6) is 0 Å². The van der Waals surface area contributed by atoms with Crippen molar-refractivity contribution in [1.29, 1.82) is 0 Å². The number of benzene rings is 1. The van der Waals surface area contributed by atoms with E-state index >= 15 is 0 Å². The molecule has 3 heteroatoms. The molecule has 0 spiro atoms. The normalized spacial score (nSPS) is 24.3. The highest BCUT2D eigenvalue weighted by Gasteiger charge is 2.31. The van der Waals surface area contributed by atoms with E-state index in [1.807, 2.05) is 0 Å². The average molecular weight is 276 g/mol. The minimum Gasteiger partial charge on any atom is -0.374 e. The van der Waals surface area contributed by atoms with Crippen molar-refractivity contribution in [2.24, 2.45) is 0 Å². The summed E-state index contributed by atoms with van der Waals surface area (Å²) < 4.78 is 6.03. The molecule has 0 amide bonds. The van der Waals surface area contributed by atoms with Gasteiger partial charge >= 0.3 is 0 Å². The Morgan fingerprint density at radius 2 is 2.05 bits per heavy atom. The number of nitrogens with one attached hydrogen (secondary N) is 1. The molecule has 2 rings (SSSR count). The van der Waals surface area contributed by atoms with Crippen molar-refractivity contribution >= 4 is 0 Å². The first-order valence-electron chi connectivity index (χ1n) is 7.61. The molecule has 2 unspecified atom stereocenters. The van der Waals surface area contributed by atoms with Gasteiger partial charge in [0.25, 0.3) is 0 Å². The standard InChI is InChI=1S/C17H28N2O/c1-12(2)18-11-16-17(19(5)8-9-20-16)15-7-6-13(3)14(4)10-15/h6-7,10,12,16-18H,8-9,11H2,1-5H3. The monoisotopic (exact) mass is 276 g/mol. The summed E-state index contributed by atoms with van der Waals surface area (Å²) in [6, 6.07) is 7.62. The second-order valence-corrected chi connectivity index (χ2v) is 6.24. The Morgan fingerprint density at radius 3 is 2.70 bits per heavy atom. The first kappa shape index (κ1) is 15.5. The molecular weight excluding hydrogens is 248 g/mol. The SMILES string of the molecule is Cc1ccc(C2C(CNC(C)C)OCCN2C)cc1C. The van der Waals surface area contributed by atoms with Crippen molar-refractivity contribution < 1.29 is 4.74 Å². The van der Waals surface area contributed by atoms with Crippen molar-refractivity contribution in [3.8, 4) is 0 Å². The lowest BCUT2D eigenvalue weighted by Gasteiger charge is -2.40. The van der Waals surface area contributed by atoms with Crippen LogP contribution in [-0.2, 0) is 4.74 Å². The van der Waals surface area contributed by atoms with E-state index in [2.05, 4.69) is 63.2 Å². The van der Waals surface area contributed by atoms with E-state index in [1.54, 1.807) is 0 Å². The molecule has 0 bridgehead atoms. The van der Waals surface area contributed by atoms with Crippen molar-refractivity contribution in [3.05, 3.63) is 34.9 Å². The Bertz CT molecular complexity index is 445. The second-order valence-electron chi connectivity index (χ2n) is 6.24. The summed E-state index contributed by atoms with van der Waals surface area (Å²) in [6.45, 7) is 11.4. The molecule has 112 valence electrons. The van der Waals surface area contributed by atoms with E-state index in [0.29, 0.717) is 12.1 Å². The first-order valence-corrected chi connectivity index (χ1v) is 7.61. The molecule has 1 aliphatic heterocycles. The van der Waals surface area contributed by atoms with Crippen molar-refractivity contribution in [2.75, 3.05) is 26.7 Å². The lowest BCUT2D eigenvalue weighted by Crippen LogP contribution is -2.48. The minimum absolute atomic E-state index is 0.221. The predicted molar refractivity (Wildman–Crippen MR) is 84.2 cm³/mol. The fourth-order valence-corrected chi connectivity index (χ4v) is 2.80. The zero-order chi connectivity index (χ0) is 14.7. The zero-order valence-corrected chi connectivity index (χ0v) is 13.4. The Hall–Kier alpha value is -0.900. The van der Waals surface area contributed by atoms with Crippen LogP contribution in [-0.4, -0.2) is 43.8 Å². The maximum Gasteiger partial charge on any atom is 0.0896 e. The van der Waals surface area contributed by atoms with Gasteiger partial charge in [0.05, 0.1) is 18.8 Å². The third-order valence-electron chi connectivity index (χ3n) is 4.20. The van der Waals surface area contributed by atoms with Gasteiger partial charge in [-0.3, -0.25) is 4.90 Å². The lowest BCUT2D eigenvalue weighted by molar-refractivity contribution is -0.0620. The number of aryl methyl sites for hydroxylation is 2. The van der Waals surface area contributed by atoms with Gasteiger partial charge in [-0.25, -0.2) is 0 Å². The Kier molecular flexibility index (Phi) is 5.19. The molecule has 1 fully saturated rings. The van der Waals surface area contributed by atoms with Crippen LogP contribution in [0.15, 0.2) is 18.2 Å². The smallest absolute Gasteiger partial charge is 0.0896 e. The van der Waals surface area contributed by atoms with Gasteiger partial charge in [0.2, 0.25) is 0 Å². The summed E-state index contributed by atoms with van der Waals surface area (Å²) in [4.78, 5) is 2.42. The molecule has 1 saturated heterocycles. The molecule has 3 nitrogen and oxygen atoms in total. The van der Waals surface area contributed by atoms with Gasteiger partial charge in [-0.2, -0.15) is 0 Å². The maximum atomic E-state index is 6.03. The summed E-state index contributed by atoms with van der Waals surface area (Å²) in [7, 11) is 2.20. The molecule has 1 aromatic rings. The van der Waals surface area contributed by atoms with Crippen LogP contribution in [0.3, 0.4) is 0 Å². The molecular formula is C17H28N2O. The summed E-state index contributed by atoms with van der Waals surface area (Å²) >= 11 is 0. The van der Waals surface area contributed by atoms with Crippen molar-refractivity contribution in [3.63, 3.8) is 0 Å². The molecule has 1 aliphatic rings. The van der Waals surface area contributed by atoms with Gasteiger partial charge in [-0.15, -0.1) is 0 Å². The van der Waals surface area contributed by atoms with Crippen LogP contribution in [0.25, 0.3) is 0 Å². The van der Waals surface area contributed by atoms with E-state index in [4.69, 9.17) is 4.74 Å². The first-order chi connectivity index (χ1) is 9.49. The molecule has 0 radical (unpaired) electrons. The van der Waals surface area contributed by atoms with E-state index < -0.39 is 0 Å². The molecule has 1 heterocycles. The van der Waals surface area contributed by atoms with Crippen molar-refractivity contribution in [2.45, 2.75) is 45.9 Å². The van der Waals surface area contributed by atoms with Crippen LogP contribution in [0.4, 0.5) is 0 Å². The third kappa shape index (κ3) is 3.60. The fourth-order valence-electron chi connectivity index (χ4n) is 2.80. The highest BCUT2D eigenvalue weighted by atomic mass is 16.5. The van der Waals surface area contributed by atoms with Gasteiger partial charge in [-0.1, -0.05) is 32.0 Å². The number of hydrogen-bond acceptors (Lipinski definition) is 3. The number of nitrogens with zero attached hydrogens (tertiary/aromatic N) is 1. The summed E-state index contributed by atoms with van der Waals surface area (Å²) in [6.07, 6.45) is 0.221. The number of rotatable bonds is 4. The summed E-state index contributed by atoms with van der Waals surface area (Å²) in [5.74, 6) is 0. The molecule has 0 aromatic heterocycles. The predicted octanol–water partition coefficient (Wildman–Crippen LogP) is 2.67. The van der Waals surface area contributed by atoms with E-state index in [0.717, 1.165) is 19.7 Å². The van der Waals surface area contributed by atoms with Gasteiger partial charge in [-0.05, 0) is 37.6 Å². The fraction of sp³-hybridized carbons (Fsp3) is 0.647. The summed E-state index contributed by atoms with van der Waals surface area (Å²) in [5.41, 5.74) is 4.08. The Morgan fingerprint density at radius 1 is 1.30 bits per heavy atom. The van der Waals surface area contributed by atoms with Crippen LogP contribution >= 0.6 is 0 Å². The highest BCUT2D eigenvalue weighted by Crippen LogP contribution is 2.29. The quantitative estimate of drug-likeness (QED) is 0.915. The minimum atomic E-state index is 0.221. The molecule has 0 saturated carbocycles. The van der Waals surface area contributed by atoms with Crippen LogP contribution < -0.4 is 5.32 Å². The Labute approximate surface area is 123 Å². The largest absolute Gasteiger partial charge is 0.374 e. The zero-order valence-electron chi connectivity index (χ0n) is 13.4. The topological polar surface area (TPSA) is 24.5 Å². The number of ether oxygens (including phenoxy) is 1. The second kappa shape index (κ2) is 6.70. The third-order valence-corrected chi connectivity index (χ3v) is 4.20. The van der Waals surface area contributed by atoms with E-state index in [-0.39, 0.29) is 6.10 Å². The highest BCUT2D eigenvalue weighted by molar-refractivity contribution is 5.32. The van der Waals surface area contributed by atoms with Gasteiger partial charge in [0, 0.05) is 19.1 Å². The van der Waals surface area contributed by atoms with E-state index in [1.165, 1.54) is 16.7 Å². The van der Waals surface area contributed by atoms with Crippen LogP contribution in [0.2, 0.25) is 0 Å². The van der Waals surface area contributed by atoms with Crippen LogP contribution in [0.1, 0.15) is 36.6 Å². The van der Waals surface area contributed by atoms with Gasteiger partial charge in [0.1, 0.15) is 0 Å². The molecule has 2 atom stereocenters. The molecule has 20 heavy (non-hydrogen) atoms. The lowest BCUT2D eigenvalue weighted by atomic mass is 9.95. The van der Waals surface area contributed by atoms with E-state index in [9.17, 15) is 0 Å². The Balaban J connectivity index is 2.20. The van der Waals surface area contributed by atoms with Crippen LogP contribution in [0, 0.1) is 13.8 Å². The average Bonchev–Trinajstić information content (AvgIpc) is 2.40. The number of hydrogen-bond donors (Lipinski definition) is 1. The summed E-state index contributed by atoms with van der Waals surface area (Å²) in [5, 5.41) is 3.51. The van der Waals surface area contributed by atoms with Crippen molar-refractivity contribution in [1.82, 2.24) is 10.2 Å². The number of morpholine rings is 1. The molecule has 1 N–H and O–H groups in total. The molecule has 0 aliphatic carbocycles. The van der Waals surface area contributed by atoms with Gasteiger partial charge in [0.15, 0.2) is 0 Å². The molecule has 1 aromatic carbocycles. The van der Waals surface area contributed by atoms with Gasteiger partial charge < -0.3 is 10.1 Å². The maximum absolute atomic E-state index is 6.03. The number of likely N-dealkylation sites (N-methyl/N-ethyl adjacent to an activating group) is 1.